The topological polar surface area (TPSA) is 59.1 Å². The molecule has 0 aromatic carbocycles. The minimum absolute atomic E-state index is 0.169. The lowest BCUT2D eigenvalue weighted by atomic mass is 10.0. The molecule has 0 aliphatic heterocycles. The van der Waals surface area contributed by atoms with Crippen LogP contribution in [0, 0.1) is 5.92 Å². The van der Waals surface area contributed by atoms with Crippen LogP contribution in [0.2, 0.25) is 0 Å². The lowest BCUT2D eigenvalue weighted by Gasteiger charge is -2.15. The monoisotopic (exact) mass is 368 g/mol. The van der Waals surface area contributed by atoms with Gasteiger partial charge in [0.25, 0.3) is 0 Å². The van der Waals surface area contributed by atoms with Crippen molar-refractivity contribution in [3.05, 3.63) is 22.9 Å². The highest BCUT2D eigenvalue weighted by Crippen LogP contribution is 2.16. The second-order valence-electron chi connectivity index (χ2n) is 4.32. The molecule has 0 fully saturated rings. The molecule has 4 nitrogen and oxygen atoms in total. The van der Waals surface area contributed by atoms with Crippen molar-refractivity contribution in [2.24, 2.45) is 5.92 Å². The Morgan fingerprint density at radius 2 is 2.16 bits per heavy atom. The number of sulfonamides is 1. The number of nitrogens with zero attached hydrogens (tertiary/aromatic N) is 1. The summed E-state index contributed by atoms with van der Waals surface area (Å²) in [4.78, 5) is 4.03. The van der Waals surface area contributed by atoms with Crippen LogP contribution in [-0.2, 0) is 10.0 Å². The van der Waals surface area contributed by atoms with Gasteiger partial charge in [0.1, 0.15) is 4.90 Å². The third-order valence-electron chi connectivity index (χ3n) is 2.77. The molecule has 108 valence electrons. The zero-order chi connectivity index (χ0) is 14.3. The highest BCUT2D eigenvalue weighted by Gasteiger charge is 2.17. The maximum atomic E-state index is 12.1. The summed E-state index contributed by atoms with van der Waals surface area (Å²) in [6.07, 6.45) is 5.68. The van der Waals surface area contributed by atoms with Crippen LogP contribution < -0.4 is 4.72 Å². The van der Waals surface area contributed by atoms with Crippen LogP contribution in [0.1, 0.15) is 26.2 Å². The standard InChI is InChI=1S/C12H18BrClN2O2S/c1-2-3-10(4-5-14)7-16-19(17,18)12-6-11(13)8-15-9-12/h6,8-10,16H,2-5,7H2,1H3. The molecule has 1 atom stereocenters. The van der Waals surface area contributed by atoms with E-state index in [9.17, 15) is 8.42 Å². The summed E-state index contributed by atoms with van der Waals surface area (Å²) in [6.45, 7) is 2.49. The predicted molar refractivity (Wildman–Crippen MR) is 80.9 cm³/mol. The van der Waals surface area contributed by atoms with Gasteiger partial charge < -0.3 is 0 Å². The first-order chi connectivity index (χ1) is 8.99. The highest BCUT2D eigenvalue weighted by molar-refractivity contribution is 9.10. The van der Waals surface area contributed by atoms with E-state index < -0.39 is 10.0 Å². The minimum Gasteiger partial charge on any atom is -0.262 e. The van der Waals surface area contributed by atoms with E-state index in [0.717, 1.165) is 19.3 Å². The number of hydrogen-bond donors (Lipinski definition) is 1. The second kappa shape index (κ2) is 8.19. The summed E-state index contributed by atoms with van der Waals surface area (Å²) in [7, 11) is -3.50. The first-order valence-corrected chi connectivity index (χ1v) is 8.97. The third-order valence-corrected chi connectivity index (χ3v) is 4.81. The summed E-state index contributed by atoms with van der Waals surface area (Å²) in [5.41, 5.74) is 0. The second-order valence-corrected chi connectivity index (χ2v) is 7.38. The SMILES string of the molecule is CCCC(CCCl)CNS(=O)(=O)c1cncc(Br)c1. The number of pyridine rings is 1. The van der Waals surface area contributed by atoms with Crippen LogP contribution in [0.3, 0.4) is 0 Å². The summed E-state index contributed by atoms with van der Waals surface area (Å²) in [6, 6.07) is 1.53. The van der Waals surface area contributed by atoms with Crippen molar-refractivity contribution in [1.29, 1.82) is 0 Å². The van der Waals surface area contributed by atoms with Crippen molar-refractivity contribution in [1.82, 2.24) is 9.71 Å². The Hall–Kier alpha value is -0.170. The van der Waals surface area contributed by atoms with E-state index in [-0.39, 0.29) is 10.8 Å². The molecule has 19 heavy (non-hydrogen) atoms. The normalized spacial score (nSPS) is 13.4. The van der Waals surface area contributed by atoms with Gasteiger partial charge in [-0.25, -0.2) is 13.1 Å². The molecule has 0 bridgehead atoms. The first-order valence-electron chi connectivity index (χ1n) is 6.15. The number of nitrogens with one attached hydrogen (secondary N) is 1. The van der Waals surface area contributed by atoms with E-state index in [4.69, 9.17) is 11.6 Å². The van der Waals surface area contributed by atoms with Crippen LogP contribution in [-0.4, -0.2) is 25.8 Å². The van der Waals surface area contributed by atoms with E-state index in [1.54, 1.807) is 6.20 Å². The average Bonchev–Trinajstić information content (AvgIpc) is 2.37. The Labute approximate surface area is 128 Å². The van der Waals surface area contributed by atoms with Crippen molar-refractivity contribution in [3.8, 4) is 0 Å². The van der Waals surface area contributed by atoms with Crippen LogP contribution >= 0.6 is 27.5 Å². The fourth-order valence-electron chi connectivity index (χ4n) is 1.76. The molecule has 1 unspecified atom stereocenters. The Bertz CT molecular complexity index is 490. The molecule has 1 rings (SSSR count). The van der Waals surface area contributed by atoms with Crippen LogP contribution in [0.4, 0.5) is 0 Å². The van der Waals surface area contributed by atoms with Gasteiger partial charge in [0.05, 0.1) is 0 Å². The number of aromatic nitrogens is 1. The van der Waals surface area contributed by atoms with Gasteiger partial charge in [0.15, 0.2) is 0 Å². The molecule has 1 aromatic rings. The zero-order valence-corrected chi connectivity index (χ0v) is 13.9. The highest BCUT2D eigenvalue weighted by atomic mass is 79.9. The predicted octanol–water partition coefficient (Wildman–Crippen LogP) is 3.17. The van der Waals surface area contributed by atoms with Gasteiger partial charge in [-0.05, 0) is 40.8 Å². The number of alkyl halides is 1. The minimum atomic E-state index is -3.50. The largest absolute Gasteiger partial charge is 0.262 e. The Morgan fingerprint density at radius 3 is 2.74 bits per heavy atom. The van der Waals surface area contributed by atoms with E-state index in [1.807, 2.05) is 0 Å². The van der Waals surface area contributed by atoms with Gasteiger partial charge in [0.2, 0.25) is 10.0 Å². The molecule has 0 saturated carbocycles. The number of rotatable bonds is 8. The maximum Gasteiger partial charge on any atom is 0.242 e. The molecule has 0 aliphatic carbocycles. The summed E-state index contributed by atoms with van der Waals surface area (Å²) < 4.78 is 27.4. The fraction of sp³-hybridized carbons (Fsp3) is 0.583. The Balaban J connectivity index is 2.69. The van der Waals surface area contributed by atoms with Crippen molar-refractivity contribution in [3.63, 3.8) is 0 Å². The lowest BCUT2D eigenvalue weighted by Crippen LogP contribution is -2.29. The van der Waals surface area contributed by atoms with E-state index >= 15 is 0 Å². The van der Waals surface area contributed by atoms with Crippen molar-refractivity contribution < 1.29 is 8.42 Å². The van der Waals surface area contributed by atoms with Gasteiger partial charge in [-0.3, -0.25) is 4.98 Å². The molecule has 7 heteroatoms. The van der Waals surface area contributed by atoms with Gasteiger partial charge >= 0.3 is 0 Å². The molecule has 1 heterocycles. The fourth-order valence-corrected chi connectivity index (χ4v) is 3.69. The lowest BCUT2D eigenvalue weighted by molar-refractivity contribution is 0.457. The molecule has 0 amide bonds. The smallest absolute Gasteiger partial charge is 0.242 e. The summed E-state index contributed by atoms with van der Waals surface area (Å²) >= 11 is 8.94. The molecular formula is C12H18BrClN2O2S. The quantitative estimate of drug-likeness (QED) is 0.716. The first kappa shape index (κ1) is 16.9. The van der Waals surface area contributed by atoms with Gasteiger partial charge in [-0.15, -0.1) is 11.6 Å². The van der Waals surface area contributed by atoms with E-state index in [1.165, 1.54) is 12.3 Å². The Morgan fingerprint density at radius 1 is 1.42 bits per heavy atom. The van der Waals surface area contributed by atoms with Gasteiger partial charge in [0, 0.05) is 29.3 Å². The molecule has 1 N–H and O–H groups in total. The number of hydrogen-bond acceptors (Lipinski definition) is 3. The van der Waals surface area contributed by atoms with Crippen molar-refractivity contribution in [2.75, 3.05) is 12.4 Å². The van der Waals surface area contributed by atoms with Crippen LogP contribution in [0.5, 0.6) is 0 Å². The molecule has 1 aromatic heterocycles. The summed E-state index contributed by atoms with van der Waals surface area (Å²) in [5, 5.41) is 0. The molecule has 0 spiro atoms. The molecule has 0 saturated heterocycles. The molecular weight excluding hydrogens is 352 g/mol. The maximum absolute atomic E-state index is 12.1. The third kappa shape index (κ3) is 5.77. The molecule has 0 radical (unpaired) electrons. The van der Waals surface area contributed by atoms with Crippen molar-refractivity contribution in [2.45, 2.75) is 31.1 Å². The van der Waals surface area contributed by atoms with Gasteiger partial charge in [-0.1, -0.05) is 13.3 Å². The van der Waals surface area contributed by atoms with E-state index in [2.05, 4.69) is 32.6 Å². The van der Waals surface area contributed by atoms with Crippen LogP contribution in [0.15, 0.2) is 27.8 Å². The average molecular weight is 370 g/mol. The Kier molecular flexibility index (Phi) is 7.28. The van der Waals surface area contributed by atoms with E-state index in [0.29, 0.717) is 16.9 Å². The summed E-state index contributed by atoms with van der Waals surface area (Å²) in [5.74, 6) is 0.822. The van der Waals surface area contributed by atoms with Crippen molar-refractivity contribution >= 4 is 37.6 Å². The number of halogens is 2. The molecule has 0 aliphatic rings. The zero-order valence-electron chi connectivity index (χ0n) is 10.8. The van der Waals surface area contributed by atoms with Crippen LogP contribution in [0.25, 0.3) is 0 Å². The van der Waals surface area contributed by atoms with Gasteiger partial charge in [-0.2, -0.15) is 0 Å².